The number of methoxy groups -OCH3 is 1. The number of aryl methyl sites for hydroxylation is 1. The van der Waals surface area contributed by atoms with Gasteiger partial charge in [0, 0.05) is 14.1 Å². The van der Waals surface area contributed by atoms with Crippen LogP contribution in [0.4, 0.5) is 5.13 Å². The van der Waals surface area contributed by atoms with E-state index >= 15 is 0 Å². The van der Waals surface area contributed by atoms with Crippen molar-refractivity contribution in [2.45, 2.75) is 6.92 Å². The third-order valence-corrected chi connectivity index (χ3v) is 3.15. The molecular weight excluding hydrogens is 242 g/mol. The van der Waals surface area contributed by atoms with E-state index in [9.17, 15) is 9.59 Å². The summed E-state index contributed by atoms with van der Waals surface area (Å²) in [7, 11) is 4.68. The molecule has 0 aliphatic carbocycles. The molecule has 6 nitrogen and oxygen atoms in total. The molecule has 0 spiro atoms. The van der Waals surface area contributed by atoms with Gasteiger partial charge >= 0.3 is 5.97 Å². The van der Waals surface area contributed by atoms with Crippen LogP contribution in [0.2, 0.25) is 0 Å². The van der Waals surface area contributed by atoms with Gasteiger partial charge in [0.05, 0.1) is 19.3 Å². The second-order valence-corrected chi connectivity index (χ2v) is 4.57. The normalized spacial score (nSPS) is 9.88. The van der Waals surface area contributed by atoms with Gasteiger partial charge < -0.3 is 15.0 Å². The van der Waals surface area contributed by atoms with E-state index in [1.807, 2.05) is 0 Å². The van der Waals surface area contributed by atoms with E-state index in [0.29, 0.717) is 15.7 Å². The largest absolute Gasteiger partial charge is 0.465 e. The van der Waals surface area contributed by atoms with Crippen LogP contribution in [-0.4, -0.2) is 49.5 Å². The highest BCUT2D eigenvalue weighted by molar-refractivity contribution is 7.17. The van der Waals surface area contributed by atoms with Gasteiger partial charge in [-0.05, 0) is 6.92 Å². The number of ether oxygens (including phenoxy) is 1. The summed E-state index contributed by atoms with van der Waals surface area (Å²) in [4.78, 5) is 28.8. The van der Waals surface area contributed by atoms with Crippen LogP contribution in [-0.2, 0) is 9.53 Å². The van der Waals surface area contributed by atoms with E-state index in [2.05, 4.69) is 15.0 Å². The topological polar surface area (TPSA) is 71.5 Å². The molecule has 0 radical (unpaired) electrons. The minimum Gasteiger partial charge on any atom is -0.465 e. The third kappa shape index (κ3) is 3.42. The van der Waals surface area contributed by atoms with E-state index in [-0.39, 0.29) is 12.5 Å². The van der Waals surface area contributed by atoms with Crippen LogP contribution in [0, 0.1) is 6.92 Å². The minimum atomic E-state index is -0.410. The van der Waals surface area contributed by atoms with Crippen LogP contribution in [0.15, 0.2) is 0 Å². The van der Waals surface area contributed by atoms with Crippen LogP contribution in [0.3, 0.4) is 0 Å². The molecule has 0 saturated carbocycles. The lowest BCUT2D eigenvalue weighted by Gasteiger charge is -2.09. The first-order valence-electron chi connectivity index (χ1n) is 4.95. The molecule has 0 atom stereocenters. The monoisotopic (exact) mass is 257 g/mol. The average Bonchev–Trinajstić information content (AvgIpc) is 2.66. The van der Waals surface area contributed by atoms with Crippen molar-refractivity contribution in [2.24, 2.45) is 0 Å². The number of esters is 1. The van der Waals surface area contributed by atoms with Crippen molar-refractivity contribution in [3.8, 4) is 0 Å². The van der Waals surface area contributed by atoms with Crippen LogP contribution < -0.4 is 5.32 Å². The zero-order chi connectivity index (χ0) is 13.0. The lowest BCUT2D eigenvalue weighted by Crippen LogP contribution is -2.28. The van der Waals surface area contributed by atoms with Crippen LogP contribution in [0.1, 0.15) is 15.4 Å². The summed E-state index contributed by atoms with van der Waals surface area (Å²) in [6, 6.07) is 0. The Kier molecular flexibility index (Phi) is 4.45. The summed E-state index contributed by atoms with van der Waals surface area (Å²) in [6.07, 6.45) is 0. The van der Waals surface area contributed by atoms with Gasteiger partial charge in [0.15, 0.2) is 5.13 Å². The Bertz CT molecular complexity index is 428. The zero-order valence-corrected chi connectivity index (χ0v) is 11.1. The fraction of sp³-hybridized carbons (Fsp3) is 0.500. The predicted octanol–water partition coefficient (Wildman–Crippen LogP) is 0.738. The van der Waals surface area contributed by atoms with Crippen molar-refractivity contribution in [3.05, 3.63) is 10.6 Å². The summed E-state index contributed by atoms with van der Waals surface area (Å²) in [5, 5.41) is 3.41. The first-order valence-corrected chi connectivity index (χ1v) is 5.77. The number of likely N-dealkylation sites (N-methyl/N-ethyl adjacent to an activating group) is 1. The number of hydrogen-bond donors (Lipinski definition) is 1. The molecule has 1 heterocycles. The number of hydrogen-bond acceptors (Lipinski definition) is 6. The number of rotatable bonds is 4. The molecule has 17 heavy (non-hydrogen) atoms. The van der Waals surface area contributed by atoms with E-state index in [0.717, 1.165) is 0 Å². The Hall–Kier alpha value is -1.63. The number of nitrogens with one attached hydrogen (secondary N) is 1. The van der Waals surface area contributed by atoms with Gasteiger partial charge in [0.25, 0.3) is 0 Å². The van der Waals surface area contributed by atoms with Crippen LogP contribution in [0.5, 0.6) is 0 Å². The third-order valence-electron chi connectivity index (χ3n) is 2.06. The highest BCUT2D eigenvalue weighted by Crippen LogP contribution is 2.22. The lowest BCUT2D eigenvalue weighted by molar-refractivity contribution is -0.126. The molecule has 0 bridgehead atoms. The molecule has 1 aromatic heterocycles. The van der Waals surface area contributed by atoms with E-state index < -0.39 is 5.97 Å². The Morgan fingerprint density at radius 2 is 2.12 bits per heavy atom. The number of carbonyl (C=O) groups is 2. The lowest BCUT2D eigenvalue weighted by atomic mass is 10.4. The van der Waals surface area contributed by atoms with E-state index in [1.165, 1.54) is 23.3 Å². The number of nitrogens with zero attached hydrogens (tertiary/aromatic N) is 2. The number of thiazole rings is 1. The van der Waals surface area contributed by atoms with Crippen molar-refractivity contribution in [3.63, 3.8) is 0 Å². The Morgan fingerprint density at radius 1 is 1.47 bits per heavy atom. The van der Waals surface area contributed by atoms with Crippen molar-refractivity contribution in [1.82, 2.24) is 9.88 Å². The summed E-state index contributed by atoms with van der Waals surface area (Å²) in [5.41, 5.74) is 0.599. The Labute approximate surface area is 104 Å². The summed E-state index contributed by atoms with van der Waals surface area (Å²) < 4.78 is 4.62. The van der Waals surface area contributed by atoms with Crippen LogP contribution >= 0.6 is 11.3 Å². The first kappa shape index (κ1) is 13.4. The number of anilines is 1. The molecule has 0 fully saturated rings. The van der Waals surface area contributed by atoms with E-state index in [4.69, 9.17) is 0 Å². The molecule has 0 aliphatic rings. The van der Waals surface area contributed by atoms with Gasteiger partial charge in [-0.3, -0.25) is 4.79 Å². The number of amides is 1. The second-order valence-electron chi connectivity index (χ2n) is 3.57. The maximum atomic E-state index is 11.3. The highest BCUT2D eigenvalue weighted by Gasteiger charge is 2.16. The molecule has 7 heteroatoms. The molecule has 0 aliphatic heterocycles. The summed E-state index contributed by atoms with van der Waals surface area (Å²) in [5.74, 6) is -0.468. The molecule has 0 unspecified atom stereocenters. The van der Waals surface area contributed by atoms with Gasteiger partial charge in [-0.15, -0.1) is 0 Å². The van der Waals surface area contributed by atoms with Crippen molar-refractivity contribution >= 4 is 28.3 Å². The van der Waals surface area contributed by atoms with E-state index in [1.54, 1.807) is 21.0 Å². The Morgan fingerprint density at radius 3 is 2.65 bits per heavy atom. The standard InChI is InChI=1S/C10H15N3O3S/c1-6-8(9(15)16-4)17-10(12-6)11-5-7(14)13(2)3/h5H2,1-4H3,(H,11,12). The molecule has 94 valence electrons. The van der Waals surface area contributed by atoms with Gasteiger partial charge in [-0.25, -0.2) is 9.78 Å². The molecule has 1 N–H and O–H groups in total. The zero-order valence-electron chi connectivity index (χ0n) is 10.2. The highest BCUT2D eigenvalue weighted by atomic mass is 32.1. The predicted molar refractivity (Wildman–Crippen MR) is 65.4 cm³/mol. The Balaban J connectivity index is 2.68. The fourth-order valence-electron chi connectivity index (χ4n) is 1.06. The van der Waals surface area contributed by atoms with Gasteiger partial charge in [-0.2, -0.15) is 0 Å². The fourth-order valence-corrected chi connectivity index (χ4v) is 1.94. The van der Waals surface area contributed by atoms with Gasteiger partial charge in [-0.1, -0.05) is 11.3 Å². The minimum absolute atomic E-state index is 0.0579. The molecule has 0 saturated heterocycles. The SMILES string of the molecule is COC(=O)c1sc(NCC(=O)N(C)C)nc1C. The maximum Gasteiger partial charge on any atom is 0.350 e. The number of carbonyl (C=O) groups excluding carboxylic acids is 2. The molecule has 0 aromatic carbocycles. The molecular formula is C10H15N3O3S. The van der Waals surface area contributed by atoms with Crippen molar-refractivity contribution in [1.29, 1.82) is 0 Å². The molecule has 1 rings (SSSR count). The number of aromatic nitrogens is 1. The van der Waals surface area contributed by atoms with Crippen molar-refractivity contribution < 1.29 is 14.3 Å². The van der Waals surface area contributed by atoms with Crippen LogP contribution in [0.25, 0.3) is 0 Å². The quantitative estimate of drug-likeness (QED) is 0.805. The second kappa shape index (κ2) is 5.62. The maximum absolute atomic E-state index is 11.3. The van der Waals surface area contributed by atoms with Crippen molar-refractivity contribution in [2.75, 3.05) is 33.1 Å². The summed E-state index contributed by atoms with van der Waals surface area (Å²) >= 11 is 1.18. The van der Waals surface area contributed by atoms with Gasteiger partial charge in [0.2, 0.25) is 5.91 Å². The average molecular weight is 257 g/mol. The smallest absolute Gasteiger partial charge is 0.350 e. The first-order chi connectivity index (χ1) is 7.95. The molecule has 1 amide bonds. The van der Waals surface area contributed by atoms with Gasteiger partial charge in [0.1, 0.15) is 4.88 Å². The molecule has 1 aromatic rings. The summed E-state index contributed by atoms with van der Waals surface area (Å²) in [6.45, 7) is 1.88.